The molecular formula is C14H21ClF3N3. The number of anilines is 1. The van der Waals surface area contributed by atoms with Crippen molar-refractivity contribution in [1.29, 1.82) is 0 Å². The predicted molar refractivity (Wildman–Crippen MR) is 79.9 cm³/mol. The Morgan fingerprint density at radius 3 is 2.29 bits per heavy atom. The van der Waals surface area contributed by atoms with Gasteiger partial charge in [0.25, 0.3) is 0 Å². The van der Waals surface area contributed by atoms with Crippen LogP contribution in [0.4, 0.5) is 19.0 Å². The molecule has 120 valence electrons. The zero-order chi connectivity index (χ0) is 16.2. The van der Waals surface area contributed by atoms with Crippen LogP contribution in [-0.2, 0) is 6.18 Å². The Morgan fingerprint density at radius 2 is 1.81 bits per heavy atom. The van der Waals surface area contributed by atoms with Gasteiger partial charge in [0.15, 0.2) is 0 Å². The van der Waals surface area contributed by atoms with E-state index in [1.54, 1.807) is 0 Å². The van der Waals surface area contributed by atoms with Gasteiger partial charge in [0.05, 0.1) is 5.56 Å². The summed E-state index contributed by atoms with van der Waals surface area (Å²) in [6.45, 7) is 5.96. The number of pyridine rings is 1. The fraction of sp³-hybridized carbons (Fsp3) is 0.643. The smallest absolute Gasteiger partial charge is 0.355 e. The Balaban J connectivity index is 3.08. The molecule has 0 aliphatic rings. The molecule has 0 amide bonds. The quantitative estimate of drug-likeness (QED) is 0.743. The SMILES string of the molecule is CC(C)CN(CCN(C)C)c1cc(C(F)(F)F)cc(Cl)n1. The molecule has 0 aliphatic heterocycles. The summed E-state index contributed by atoms with van der Waals surface area (Å²) in [4.78, 5) is 7.87. The van der Waals surface area contributed by atoms with Gasteiger partial charge in [0.2, 0.25) is 0 Å². The minimum Gasteiger partial charge on any atom is -0.355 e. The van der Waals surface area contributed by atoms with E-state index < -0.39 is 11.7 Å². The predicted octanol–water partition coefficient (Wildman–Crippen LogP) is 3.78. The lowest BCUT2D eigenvalue weighted by Crippen LogP contribution is -2.35. The third-order valence-electron chi connectivity index (χ3n) is 2.83. The number of alkyl halides is 3. The fourth-order valence-electron chi connectivity index (χ4n) is 1.87. The molecule has 0 aromatic carbocycles. The third-order valence-corrected chi connectivity index (χ3v) is 3.03. The van der Waals surface area contributed by atoms with E-state index in [1.165, 1.54) is 0 Å². The molecule has 1 aromatic heterocycles. The van der Waals surface area contributed by atoms with E-state index in [4.69, 9.17) is 11.6 Å². The van der Waals surface area contributed by atoms with E-state index in [2.05, 4.69) is 4.98 Å². The second-order valence-corrected chi connectivity index (χ2v) is 6.06. The van der Waals surface area contributed by atoms with Crippen molar-refractivity contribution in [2.24, 2.45) is 5.92 Å². The van der Waals surface area contributed by atoms with Crippen molar-refractivity contribution in [3.63, 3.8) is 0 Å². The highest BCUT2D eigenvalue weighted by Crippen LogP contribution is 2.32. The van der Waals surface area contributed by atoms with Crippen LogP contribution in [0.3, 0.4) is 0 Å². The van der Waals surface area contributed by atoms with Gasteiger partial charge in [-0.1, -0.05) is 25.4 Å². The number of likely N-dealkylation sites (N-methyl/N-ethyl adjacent to an activating group) is 1. The molecular weight excluding hydrogens is 303 g/mol. The Kier molecular flexibility index (Phi) is 6.28. The molecule has 0 fully saturated rings. The first-order chi connectivity index (χ1) is 9.59. The van der Waals surface area contributed by atoms with Crippen molar-refractivity contribution >= 4 is 17.4 Å². The summed E-state index contributed by atoms with van der Waals surface area (Å²) in [6.07, 6.45) is -4.42. The molecule has 3 nitrogen and oxygen atoms in total. The van der Waals surface area contributed by atoms with Gasteiger partial charge in [0.1, 0.15) is 11.0 Å². The van der Waals surface area contributed by atoms with Gasteiger partial charge in [-0.25, -0.2) is 4.98 Å². The van der Waals surface area contributed by atoms with Crippen molar-refractivity contribution in [1.82, 2.24) is 9.88 Å². The van der Waals surface area contributed by atoms with Gasteiger partial charge in [-0.15, -0.1) is 0 Å². The highest BCUT2D eigenvalue weighted by atomic mass is 35.5. The maximum atomic E-state index is 12.9. The molecule has 0 spiro atoms. The largest absolute Gasteiger partial charge is 0.416 e. The highest BCUT2D eigenvalue weighted by molar-refractivity contribution is 6.29. The maximum absolute atomic E-state index is 12.9. The molecule has 1 heterocycles. The summed E-state index contributed by atoms with van der Waals surface area (Å²) in [7, 11) is 3.83. The molecule has 7 heteroatoms. The first kappa shape index (κ1) is 18.0. The van der Waals surface area contributed by atoms with Gasteiger partial charge < -0.3 is 9.80 Å². The molecule has 0 atom stereocenters. The maximum Gasteiger partial charge on any atom is 0.416 e. The standard InChI is InChI=1S/C14H21ClF3N3/c1-10(2)9-21(6-5-20(3)4)13-8-11(14(16,17)18)7-12(15)19-13/h7-8,10H,5-6,9H2,1-4H3. The van der Waals surface area contributed by atoms with Crippen LogP contribution >= 0.6 is 11.6 Å². The molecule has 0 N–H and O–H groups in total. The second kappa shape index (κ2) is 7.31. The first-order valence-corrected chi connectivity index (χ1v) is 7.12. The van der Waals surface area contributed by atoms with Crippen LogP contribution < -0.4 is 4.90 Å². The topological polar surface area (TPSA) is 19.4 Å². The van der Waals surface area contributed by atoms with Crippen LogP contribution in [0.5, 0.6) is 0 Å². The Morgan fingerprint density at radius 1 is 1.19 bits per heavy atom. The number of halogens is 4. The number of hydrogen-bond acceptors (Lipinski definition) is 3. The Bertz CT molecular complexity index is 461. The molecule has 0 unspecified atom stereocenters. The average molecular weight is 324 g/mol. The zero-order valence-electron chi connectivity index (χ0n) is 12.7. The molecule has 21 heavy (non-hydrogen) atoms. The third kappa shape index (κ3) is 6.09. The van der Waals surface area contributed by atoms with Crippen LogP contribution in [0.25, 0.3) is 0 Å². The minimum absolute atomic E-state index is 0.140. The summed E-state index contributed by atoms with van der Waals surface area (Å²) in [5.41, 5.74) is -0.767. The molecule has 0 saturated heterocycles. The second-order valence-electron chi connectivity index (χ2n) is 5.68. The van der Waals surface area contributed by atoms with Crippen LogP contribution in [0.2, 0.25) is 5.15 Å². The van der Waals surface area contributed by atoms with Gasteiger partial charge in [0, 0.05) is 19.6 Å². The monoisotopic (exact) mass is 323 g/mol. The lowest BCUT2D eigenvalue weighted by molar-refractivity contribution is -0.137. The molecule has 1 aromatic rings. The lowest BCUT2D eigenvalue weighted by Gasteiger charge is -2.27. The molecule has 0 aliphatic carbocycles. The van der Waals surface area contributed by atoms with Gasteiger partial charge in [-0.2, -0.15) is 13.2 Å². The number of hydrogen-bond donors (Lipinski definition) is 0. The van der Waals surface area contributed by atoms with E-state index in [9.17, 15) is 13.2 Å². The van der Waals surface area contributed by atoms with E-state index in [0.29, 0.717) is 19.0 Å². The van der Waals surface area contributed by atoms with Crippen molar-refractivity contribution in [2.75, 3.05) is 38.6 Å². The Hall–Kier alpha value is -1.01. The summed E-state index contributed by atoms with van der Waals surface area (Å²) < 4.78 is 38.6. The minimum atomic E-state index is -4.42. The average Bonchev–Trinajstić information content (AvgIpc) is 2.32. The van der Waals surface area contributed by atoms with E-state index in [1.807, 2.05) is 37.7 Å². The molecule has 0 radical (unpaired) electrons. The summed E-state index contributed by atoms with van der Waals surface area (Å²) in [5.74, 6) is 0.577. The van der Waals surface area contributed by atoms with E-state index >= 15 is 0 Å². The van der Waals surface area contributed by atoms with Crippen molar-refractivity contribution in [3.05, 3.63) is 22.8 Å². The van der Waals surface area contributed by atoms with Crippen LogP contribution in [0, 0.1) is 5.92 Å². The lowest BCUT2D eigenvalue weighted by atomic mass is 10.2. The molecule has 1 rings (SSSR count). The van der Waals surface area contributed by atoms with Gasteiger partial charge in [-0.05, 0) is 32.1 Å². The van der Waals surface area contributed by atoms with Gasteiger partial charge in [-0.3, -0.25) is 0 Å². The van der Waals surface area contributed by atoms with Crippen molar-refractivity contribution < 1.29 is 13.2 Å². The first-order valence-electron chi connectivity index (χ1n) is 6.74. The summed E-state index contributed by atoms with van der Waals surface area (Å²) in [5, 5.41) is -0.140. The summed E-state index contributed by atoms with van der Waals surface area (Å²) in [6, 6.07) is 1.91. The van der Waals surface area contributed by atoms with E-state index in [0.717, 1.165) is 18.7 Å². The van der Waals surface area contributed by atoms with Crippen molar-refractivity contribution in [2.45, 2.75) is 20.0 Å². The molecule has 0 bridgehead atoms. The zero-order valence-corrected chi connectivity index (χ0v) is 13.5. The molecule has 0 saturated carbocycles. The number of rotatable bonds is 6. The van der Waals surface area contributed by atoms with Crippen LogP contribution in [0.15, 0.2) is 12.1 Å². The highest BCUT2D eigenvalue weighted by Gasteiger charge is 2.32. The van der Waals surface area contributed by atoms with E-state index in [-0.39, 0.29) is 11.0 Å². The Labute approximate surface area is 128 Å². The number of aromatic nitrogens is 1. The van der Waals surface area contributed by atoms with Crippen LogP contribution in [-0.4, -0.2) is 43.6 Å². The van der Waals surface area contributed by atoms with Gasteiger partial charge >= 0.3 is 6.18 Å². The fourth-order valence-corrected chi connectivity index (χ4v) is 2.07. The van der Waals surface area contributed by atoms with Crippen molar-refractivity contribution in [3.8, 4) is 0 Å². The van der Waals surface area contributed by atoms with Crippen LogP contribution in [0.1, 0.15) is 19.4 Å². The normalized spacial score (nSPS) is 12.3. The summed E-state index contributed by atoms with van der Waals surface area (Å²) >= 11 is 5.75. The number of nitrogens with zero attached hydrogens (tertiary/aromatic N) is 3.